The van der Waals surface area contributed by atoms with Gasteiger partial charge in [-0.2, -0.15) is 13.1 Å². The first-order valence-corrected chi connectivity index (χ1v) is 9.30. The molecule has 158 valence electrons. The van der Waals surface area contributed by atoms with E-state index in [9.17, 15) is 32.4 Å². The number of aromatic amines is 1. The molecule has 1 aromatic heterocycles. The highest BCUT2D eigenvalue weighted by molar-refractivity contribution is 7.88. The first-order valence-electron chi connectivity index (χ1n) is 7.82. The summed E-state index contributed by atoms with van der Waals surface area (Å²) in [6.07, 6.45) is -0.542. The maximum absolute atomic E-state index is 11.8. The van der Waals surface area contributed by atoms with Crippen LogP contribution in [0.3, 0.4) is 0 Å². The second-order valence-corrected chi connectivity index (χ2v) is 7.11. The number of imide groups is 1. The van der Waals surface area contributed by atoms with Crippen LogP contribution < -0.4 is 25.5 Å². The highest BCUT2D eigenvalue weighted by Gasteiger charge is 2.42. The highest BCUT2D eigenvalue weighted by Crippen LogP contribution is 2.10. The third kappa shape index (κ3) is 5.66. The summed E-state index contributed by atoms with van der Waals surface area (Å²) in [4.78, 5) is 59.6. The summed E-state index contributed by atoms with van der Waals surface area (Å²) in [5.41, 5.74) is -0.941. The number of urea groups is 1. The Morgan fingerprint density at radius 1 is 1.24 bits per heavy atom. The second kappa shape index (κ2) is 8.57. The van der Waals surface area contributed by atoms with Gasteiger partial charge < -0.3 is 25.8 Å². The number of pyridine rings is 1. The maximum Gasteiger partial charge on any atom is 0.405 e. The van der Waals surface area contributed by atoms with Gasteiger partial charge in [0.05, 0.1) is 6.54 Å². The fourth-order valence-electron chi connectivity index (χ4n) is 2.12. The maximum atomic E-state index is 11.8. The molecule has 0 spiro atoms. The van der Waals surface area contributed by atoms with E-state index in [2.05, 4.69) is 10.3 Å². The Bertz CT molecular complexity index is 1000. The first-order chi connectivity index (χ1) is 13.5. The second-order valence-electron chi connectivity index (χ2n) is 5.61. The van der Waals surface area contributed by atoms with Crippen LogP contribution in [0.4, 0.5) is 9.59 Å². The van der Waals surface area contributed by atoms with Gasteiger partial charge >= 0.3 is 22.3 Å². The lowest BCUT2D eigenvalue weighted by Crippen LogP contribution is -2.67. The van der Waals surface area contributed by atoms with Gasteiger partial charge in [0.2, 0.25) is 5.43 Å². The molecule has 0 aromatic carbocycles. The van der Waals surface area contributed by atoms with Crippen molar-refractivity contribution in [1.29, 1.82) is 0 Å². The molecule has 1 aliphatic heterocycles. The molecule has 7 N–H and O–H groups in total. The predicted molar refractivity (Wildman–Crippen MR) is 93.2 cm³/mol. The van der Waals surface area contributed by atoms with E-state index in [1.807, 2.05) is 10.0 Å². The minimum absolute atomic E-state index is 0.162. The zero-order chi connectivity index (χ0) is 21.8. The predicted octanol–water partition coefficient (Wildman–Crippen LogP) is -3.17. The summed E-state index contributed by atoms with van der Waals surface area (Å²) in [5, 5.41) is 21.7. The van der Waals surface area contributed by atoms with Crippen molar-refractivity contribution in [1.82, 2.24) is 30.0 Å². The van der Waals surface area contributed by atoms with Crippen LogP contribution in [0, 0.1) is 0 Å². The average molecular weight is 432 g/mol. The van der Waals surface area contributed by atoms with Crippen molar-refractivity contribution in [3.05, 3.63) is 28.2 Å². The van der Waals surface area contributed by atoms with Crippen molar-refractivity contribution in [2.75, 3.05) is 19.6 Å². The Labute approximate surface area is 162 Å². The molecule has 2 heterocycles. The summed E-state index contributed by atoms with van der Waals surface area (Å²) in [5.74, 6) is -2.22. The Balaban J connectivity index is 1.75. The van der Waals surface area contributed by atoms with Crippen molar-refractivity contribution >= 4 is 34.1 Å². The Kier molecular flexibility index (Phi) is 6.39. The van der Waals surface area contributed by atoms with E-state index in [0.717, 1.165) is 12.3 Å². The third-order valence-corrected chi connectivity index (χ3v) is 4.56. The number of hydrogen-bond acceptors (Lipinski definition) is 8. The van der Waals surface area contributed by atoms with E-state index in [4.69, 9.17) is 10.2 Å². The van der Waals surface area contributed by atoms with Gasteiger partial charge in [-0.15, -0.1) is 0 Å². The summed E-state index contributed by atoms with van der Waals surface area (Å²) in [6.45, 7) is -0.884. The van der Waals surface area contributed by atoms with Crippen molar-refractivity contribution in [3.63, 3.8) is 0 Å². The molecular formula is C13H16N6O9S. The highest BCUT2D eigenvalue weighted by atomic mass is 32.2. The van der Waals surface area contributed by atoms with Gasteiger partial charge in [-0.1, -0.05) is 0 Å². The number of carboxylic acid groups (broad SMARTS) is 1. The molecule has 16 heteroatoms. The molecule has 1 atom stereocenters. The molecule has 29 heavy (non-hydrogen) atoms. The quantitative estimate of drug-likeness (QED) is 0.170. The van der Waals surface area contributed by atoms with Crippen LogP contribution in [0.15, 0.2) is 17.1 Å². The molecule has 15 nitrogen and oxygen atoms in total. The van der Waals surface area contributed by atoms with Gasteiger partial charge in [0.25, 0.3) is 11.8 Å². The molecule has 1 aliphatic rings. The smallest absolute Gasteiger partial charge is 0.405 e. The monoisotopic (exact) mass is 432 g/mol. The number of rotatable bonds is 7. The van der Waals surface area contributed by atoms with Gasteiger partial charge in [-0.05, 0) is 0 Å². The Morgan fingerprint density at radius 3 is 2.52 bits per heavy atom. The van der Waals surface area contributed by atoms with Crippen LogP contribution in [0.2, 0.25) is 0 Å². The fourth-order valence-corrected chi connectivity index (χ4v) is 2.91. The summed E-state index contributed by atoms with van der Waals surface area (Å²) < 4.78 is 27.0. The number of carbonyl (C=O) groups is 4. The number of aromatic nitrogens is 1. The Morgan fingerprint density at radius 2 is 1.93 bits per heavy atom. The van der Waals surface area contributed by atoms with Crippen molar-refractivity contribution in [2.45, 2.75) is 6.04 Å². The number of aromatic hydroxyl groups is 1. The van der Waals surface area contributed by atoms with E-state index >= 15 is 0 Å². The molecule has 2 rings (SSSR count). The zero-order valence-corrected chi connectivity index (χ0v) is 15.3. The minimum Gasteiger partial charge on any atom is -0.503 e. The lowest BCUT2D eigenvalue weighted by molar-refractivity contribution is -0.138. The van der Waals surface area contributed by atoms with E-state index in [-0.39, 0.29) is 25.3 Å². The zero-order valence-electron chi connectivity index (χ0n) is 14.5. The first kappa shape index (κ1) is 21.6. The molecular weight excluding hydrogens is 416 g/mol. The lowest BCUT2D eigenvalue weighted by Gasteiger charge is -2.35. The molecule has 1 fully saturated rings. The molecule has 0 saturated carbocycles. The van der Waals surface area contributed by atoms with E-state index in [1.165, 1.54) is 0 Å². The van der Waals surface area contributed by atoms with Crippen LogP contribution in [0.1, 0.15) is 10.5 Å². The topological polar surface area (TPSA) is 227 Å². The SMILES string of the molecule is O=C(O)N[C@H]1CN(C(=O)NS(=O)(=O)NCCNC(=O)c2cc(=O)c(O)c[nH]2)C1=O. The minimum atomic E-state index is -4.36. The third-order valence-electron chi connectivity index (χ3n) is 3.53. The number of amides is 5. The average Bonchev–Trinajstić information content (AvgIpc) is 2.62. The summed E-state index contributed by atoms with van der Waals surface area (Å²) >= 11 is 0. The van der Waals surface area contributed by atoms with E-state index in [1.54, 1.807) is 4.72 Å². The van der Waals surface area contributed by atoms with Crippen LogP contribution in [-0.2, 0) is 15.0 Å². The molecule has 1 saturated heterocycles. The van der Waals surface area contributed by atoms with E-state index in [0.29, 0.717) is 4.90 Å². The molecule has 1 aromatic rings. The van der Waals surface area contributed by atoms with Gasteiger partial charge in [0.1, 0.15) is 11.7 Å². The number of β-lactam (4-membered cyclic amide) rings is 1. The van der Waals surface area contributed by atoms with Crippen LogP contribution in [0.25, 0.3) is 0 Å². The number of hydrogen-bond donors (Lipinski definition) is 7. The number of carbonyl (C=O) groups excluding carboxylic acids is 3. The summed E-state index contributed by atoms with van der Waals surface area (Å²) in [7, 11) is -4.36. The van der Waals surface area contributed by atoms with E-state index < -0.39 is 51.4 Å². The van der Waals surface area contributed by atoms with Crippen molar-refractivity contribution < 1.29 is 37.8 Å². The number of likely N-dealkylation sites (tertiary alicyclic amines) is 1. The van der Waals surface area contributed by atoms with Gasteiger partial charge in [0, 0.05) is 25.4 Å². The molecule has 5 amide bonds. The number of nitrogens with one attached hydrogen (secondary N) is 5. The van der Waals surface area contributed by atoms with Crippen molar-refractivity contribution in [2.24, 2.45) is 0 Å². The van der Waals surface area contributed by atoms with Crippen LogP contribution >= 0.6 is 0 Å². The van der Waals surface area contributed by atoms with Crippen LogP contribution in [-0.4, -0.2) is 78.1 Å². The van der Waals surface area contributed by atoms with Gasteiger partial charge in [-0.25, -0.2) is 14.3 Å². The number of nitrogens with zero attached hydrogens (tertiary/aromatic N) is 1. The van der Waals surface area contributed by atoms with Crippen molar-refractivity contribution in [3.8, 4) is 5.75 Å². The van der Waals surface area contributed by atoms with Crippen LogP contribution in [0.5, 0.6) is 5.75 Å². The van der Waals surface area contributed by atoms with Gasteiger partial charge in [-0.3, -0.25) is 19.3 Å². The molecule has 0 radical (unpaired) electrons. The fraction of sp³-hybridized carbons (Fsp3) is 0.308. The van der Waals surface area contributed by atoms with Gasteiger partial charge in [0.15, 0.2) is 5.75 Å². The number of H-pyrrole nitrogens is 1. The standard InChI is InChI=1S/C13H16N6O9S/c20-8-3-6(15-4-9(8)21)10(22)14-1-2-16-29(27,28)18-12(24)19-5-7(11(19)23)17-13(25)26/h3-4,7,16-17,21H,1-2,5H2,(H,14,22)(H,15,20)(H,18,24)(H,25,26)/t7-/m0/s1. The lowest BCUT2D eigenvalue weighted by atomic mass is 10.1. The molecule has 0 bridgehead atoms. The molecule has 0 unspecified atom stereocenters. The Hall–Kier alpha value is -3.66. The largest absolute Gasteiger partial charge is 0.503 e. The normalized spacial score (nSPS) is 15.9. The summed E-state index contributed by atoms with van der Waals surface area (Å²) in [6, 6.07) is -1.54. The molecule has 0 aliphatic carbocycles.